The normalized spacial score (nSPS) is 16.5. The second-order valence-electron chi connectivity index (χ2n) is 5.42. The standard InChI is InChI=1S/C14H17ClF3N3O2.2ClH/c15-10-1-2-13(21(22)23)11(9-10)12(3-4-14(16,17)18)20-7-5-19-6-8-20;;/h1-2,9,12,19H,3-8H2;2*1H/t12-;;/m0../s1. The highest BCUT2D eigenvalue weighted by Crippen LogP contribution is 2.37. The van der Waals surface area contributed by atoms with E-state index in [0.717, 1.165) is 0 Å². The molecule has 144 valence electrons. The van der Waals surface area contributed by atoms with Crippen LogP contribution in [0.15, 0.2) is 18.2 Å². The largest absolute Gasteiger partial charge is 0.389 e. The summed E-state index contributed by atoms with van der Waals surface area (Å²) in [5, 5.41) is 14.6. The van der Waals surface area contributed by atoms with Crippen molar-refractivity contribution >= 4 is 42.1 Å². The predicted octanol–water partition coefficient (Wildman–Crippen LogP) is 4.38. The minimum atomic E-state index is -4.31. The second-order valence-corrected chi connectivity index (χ2v) is 5.85. The number of nitro groups is 1. The third kappa shape index (κ3) is 7.15. The van der Waals surface area contributed by atoms with Crippen molar-refractivity contribution < 1.29 is 18.1 Å². The Morgan fingerprint density at radius 2 is 1.88 bits per heavy atom. The van der Waals surface area contributed by atoms with Crippen LogP contribution in [0.1, 0.15) is 24.4 Å². The van der Waals surface area contributed by atoms with Gasteiger partial charge in [-0.3, -0.25) is 15.0 Å². The van der Waals surface area contributed by atoms with Crippen LogP contribution in [0.4, 0.5) is 18.9 Å². The highest BCUT2D eigenvalue weighted by molar-refractivity contribution is 6.30. The minimum Gasteiger partial charge on any atom is -0.314 e. The highest BCUT2D eigenvalue weighted by atomic mass is 35.5. The Kier molecular flexibility index (Phi) is 10.0. The molecule has 1 aliphatic rings. The Morgan fingerprint density at radius 3 is 2.40 bits per heavy atom. The molecule has 1 atom stereocenters. The fourth-order valence-corrected chi connectivity index (χ4v) is 2.97. The van der Waals surface area contributed by atoms with Gasteiger partial charge in [-0.1, -0.05) is 11.6 Å². The molecule has 0 aliphatic carbocycles. The maximum Gasteiger partial charge on any atom is 0.389 e. The number of nitrogens with zero attached hydrogens (tertiary/aromatic N) is 2. The lowest BCUT2D eigenvalue weighted by atomic mass is 9.97. The summed E-state index contributed by atoms with van der Waals surface area (Å²) in [6, 6.07) is 3.35. The first-order valence-electron chi connectivity index (χ1n) is 7.23. The average molecular weight is 425 g/mol. The molecule has 2 rings (SSSR count). The first kappa shape index (κ1) is 24.2. The topological polar surface area (TPSA) is 58.4 Å². The van der Waals surface area contributed by atoms with Gasteiger partial charge in [0.2, 0.25) is 0 Å². The zero-order valence-electron chi connectivity index (χ0n) is 13.1. The van der Waals surface area contributed by atoms with E-state index in [0.29, 0.717) is 26.2 Å². The first-order chi connectivity index (χ1) is 10.8. The summed E-state index contributed by atoms with van der Waals surface area (Å²) < 4.78 is 37.9. The summed E-state index contributed by atoms with van der Waals surface area (Å²) in [5.74, 6) is 0. The van der Waals surface area contributed by atoms with Crippen LogP contribution in [0.5, 0.6) is 0 Å². The fraction of sp³-hybridized carbons (Fsp3) is 0.571. The van der Waals surface area contributed by atoms with E-state index in [1.165, 1.54) is 18.2 Å². The van der Waals surface area contributed by atoms with Gasteiger partial charge in [0, 0.05) is 55.3 Å². The maximum absolute atomic E-state index is 12.6. The first-order valence-corrected chi connectivity index (χ1v) is 7.61. The summed E-state index contributed by atoms with van der Waals surface area (Å²) in [6.45, 7) is 2.34. The number of piperazine rings is 1. The van der Waals surface area contributed by atoms with Gasteiger partial charge in [-0.05, 0) is 18.6 Å². The molecule has 11 heteroatoms. The lowest BCUT2D eigenvalue weighted by Crippen LogP contribution is -2.45. The Bertz CT molecular complexity index is 570. The predicted molar refractivity (Wildman–Crippen MR) is 95.1 cm³/mol. The molecule has 1 N–H and O–H groups in total. The van der Waals surface area contributed by atoms with Crippen LogP contribution in [0.25, 0.3) is 0 Å². The molecular weight excluding hydrogens is 406 g/mol. The number of benzene rings is 1. The van der Waals surface area contributed by atoms with Crippen molar-refractivity contribution in [3.63, 3.8) is 0 Å². The quantitative estimate of drug-likeness (QED) is 0.563. The molecule has 0 spiro atoms. The highest BCUT2D eigenvalue weighted by Gasteiger charge is 2.34. The Labute approximate surface area is 160 Å². The molecule has 0 amide bonds. The molecule has 0 aromatic heterocycles. The summed E-state index contributed by atoms with van der Waals surface area (Å²) in [5.41, 5.74) is 0.0498. The van der Waals surface area contributed by atoms with Crippen LogP contribution in [-0.2, 0) is 0 Å². The zero-order valence-corrected chi connectivity index (χ0v) is 15.5. The van der Waals surface area contributed by atoms with Gasteiger partial charge in [-0.15, -0.1) is 24.8 Å². The van der Waals surface area contributed by atoms with Crippen molar-refractivity contribution in [2.75, 3.05) is 26.2 Å². The fourth-order valence-electron chi connectivity index (χ4n) is 2.79. The lowest BCUT2D eigenvalue weighted by molar-refractivity contribution is -0.386. The van der Waals surface area contributed by atoms with Crippen LogP contribution in [0.3, 0.4) is 0 Å². The van der Waals surface area contributed by atoms with Gasteiger partial charge in [0.25, 0.3) is 5.69 Å². The Morgan fingerprint density at radius 1 is 1.28 bits per heavy atom. The third-order valence-corrected chi connectivity index (χ3v) is 4.07. The third-order valence-electron chi connectivity index (χ3n) is 3.84. The van der Waals surface area contributed by atoms with Crippen molar-refractivity contribution in [2.24, 2.45) is 0 Å². The molecular formula is C14H19Cl3F3N3O2. The van der Waals surface area contributed by atoms with E-state index in [-0.39, 0.29) is 47.5 Å². The van der Waals surface area contributed by atoms with Gasteiger partial charge in [0.1, 0.15) is 0 Å². The molecule has 1 aliphatic heterocycles. The molecule has 1 aromatic rings. The van der Waals surface area contributed by atoms with Gasteiger partial charge in [-0.25, -0.2) is 0 Å². The van der Waals surface area contributed by atoms with Crippen LogP contribution < -0.4 is 5.32 Å². The molecule has 5 nitrogen and oxygen atoms in total. The van der Waals surface area contributed by atoms with Crippen LogP contribution >= 0.6 is 36.4 Å². The van der Waals surface area contributed by atoms with E-state index < -0.39 is 23.6 Å². The summed E-state index contributed by atoms with van der Waals surface area (Å²) in [6.07, 6.45) is -5.53. The average Bonchev–Trinajstić information content (AvgIpc) is 2.47. The molecule has 1 saturated heterocycles. The van der Waals surface area contributed by atoms with Gasteiger partial charge < -0.3 is 5.32 Å². The number of alkyl halides is 3. The molecule has 0 bridgehead atoms. The SMILES string of the molecule is Cl.Cl.O=[N+]([O-])c1ccc(Cl)cc1[C@H](CCC(F)(F)F)N1CCNCC1. The van der Waals surface area contributed by atoms with Gasteiger partial charge in [0.15, 0.2) is 0 Å². The second kappa shape index (κ2) is 10.4. The van der Waals surface area contributed by atoms with Crippen LogP contribution in [-0.4, -0.2) is 42.2 Å². The van der Waals surface area contributed by atoms with Crippen molar-refractivity contribution in [1.82, 2.24) is 10.2 Å². The van der Waals surface area contributed by atoms with Crippen molar-refractivity contribution in [1.29, 1.82) is 0 Å². The van der Waals surface area contributed by atoms with E-state index in [1.807, 2.05) is 4.90 Å². The molecule has 0 radical (unpaired) electrons. The summed E-state index contributed by atoms with van der Waals surface area (Å²) >= 11 is 5.92. The van der Waals surface area contributed by atoms with Crippen molar-refractivity contribution in [3.8, 4) is 0 Å². The number of nitrogens with one attached hydrogen (secondary N) is 1. The summed E-state index contributed by atoms with van der Waals surface area (Å²) in [7, 11) is 0. The summed E-state index contributed by atoms with van der Waals surface area (Å²) in [4.78, 5) is 12.5. The van der Waals surface area contributed by atoms with Crippen molar-refractivity contribution in [2.45, 2.75) is 25.1 Å². The maximum atomic E-state index is 12.6. The smallest absolute Gasteiger partial charge is 0.314 e. The monoisotopic (exact) mass is 423 g/mol. The van der Waals surface area contributed by atoms with Crippen molar-refractivity contribution in [3.05, 3.63) is 38.9 Å². The van der Waals surface area contributed by atoms with Gasteiger partial charge >= 0.3 is 6.18 Å². The molecule has 25 heavy (non-hydrogen) atoms. The van der Waals surface area contributed by atoms with E-state index in [4.69, 9.17) is 11.6 Å². The van der Waals surface area contributed by atoms with E-state index in [9.17, 15) is 23.3 Å². The van der Waals surface area contributed by atoms with Gasteiger partial charge in [0.05, 0.1) is 4.92 Å². The van der Waals surface area contributed by atoms with E-state index in [1.54, 1.807) is 0 Å². The Balaban J connectivity index is 0.00000288. The lowest BCUT2D eigenvalue weighted by Gasteiger charge is -2.35. The molecule has 1 aromatic carbocycles. The zero-order chi connectivity index (χ0) is 17.0. The number of nitro benzene ring substituents is 1. The number of rotatable bonds is 5. The van der Waals surface area contributed by atoms with E-state index in [2.05, 4.69) is 5.32 Å². The molecule has 0 saturated carbocycles. The molecule has 1 fully saturated rings. The van der Waals surface area contributed by atoms with Crippen LogP contribution in [0, 0.1) is 10.1 Å². The van der Waals surface area contributed by atoms with E-state index >= 15 is 0 Å². The molecule has 0 unspecified atom stereocenters. The van der Waals surface area contributed by atoms with Crippen LogP contribution in [0.2, 0.25) is 5.02 Å². The minimum absolute atomic E-state index is 0. The number of hydrogen-bond acceptors (Lipinski definition) is 4. The molecule has 1 heterocycles. The number of hydrogen-bond donors (Lipinski definition) is 1. The Hall–Kier alpha value is -0.800. The number of halogens is 6. The van der Waals surface area contributed by atoms with Gasteiger partial charge in [-0.2, -0.15) is 13.2 Å².